The second-order valence-corrected chi connectivity index (χ2v) is 3.88. The van der Waals surface area contributed by atoms with Crippen LogP contribution in [0.1, 0.15) is 6.42 Å². The van der Waals surface area contributed by atoms with Gasteiger partial charge in [-0.3, -0.25) is 14.9 Å². The monoisotopic (exact) mass is 292 g/mol. The smallest absolute Gasteiger partial charge is 0.327 e. The molecule has 0 bridgehead atoms. The number of para-hydroxylation sites is 2. The number of terminal acetylenes is 1. The molecule has 0 spiro atoms. The molecule has 110 valence electrons. The van der Waals surface area contributed by atoms with Crippen molar-refractivity contribution < 1.29 is 24.4 Å². The fraction of sp³-hybridized carbons (Fsp3) is 0.231. The van der Waals surface area contributed by atoms with Crippen molar-refractivity contribution in [3.05, 3.63) is 34.4 Å². The summed E-state index contributed by atoms with van der Waals surface area (Å²) in [6, 6.07) is 4.31. The molecule has 1 aromatic rings. The third-order valence-electron chi connectivity index (χ3n) is 2.38. The Morgan fingerprint density at radius 1 is 1.48 bits per heavy atom. The highest BCUT2D eigenvalue weighted by atomic mass is 16.6. The maximum absolute atomic E-state index is 11.5. The summed E-state index contributed by atoms with van der Waals surface area (Å²) >= 11 is 0. The van der Waals surface area contributed by atoms with E-state index >= 15 is 0 Å². The number of nitro groups is 1. The predicted octanol–water partition coefficient (Wildman–Crippen LogP) is 0.566. The number of carboxylic acids is 1. The number of rotatable bonds is 7. The summed E-state index contributed by atoms with van der Waals surface area (Å²) in [5.74, 6) is 0.0334. The van der Waals surface area contributed by atoms with E-state index in [1.54, 1.807) is 0 Å². The van der Waals surface area contributed by atoms with E-state index in [2.05, 4.69) is 11.2 Å². The minimum atomic E-state index is -1.27. The number of benzene rings is 1. The summed E-state index contributed by atoms with van der Waals surface area (Å²) in [5.41, 5.74) is -0.288. The summed E-state index contributed by atoms with van der Waals surface area (Å²) in [5, 5.41) is 21.7. The van der Waals surface area contributed by atoms with Crippen LogP contribution in [0, 0.1) is 22.5 Å². The molecule has 21 heavy (non-hydrogen) atoms. The number of nitro benzene ring substituents is 1. The van der Waals surface area contributed by atoms with Crippen molar-refractivity contribution >= 4 is 17.6 Å². The Morgan fingerprint density at radius 3 is 2.71 bits per heavy atom. The van der Waals surface area contributed by atoms with Gasteiger partial charge in [-0.25, -0.2) is 4.79 Å². The lowest BCUT2D eigenvalue weighted by atomic mass is 10.2. The van der Waals surface area contributed by atoms with Gasteiger partial charge in [0.05, 0.1) is 4.92 Å². The number of carboxylic acid groups (broad SMARTS) is 1. The standard InChI is InChI=1S/C13H12N2O6/c1-2-5-9(13(17)18)14-12(16)8-21-11-7-4-3-6-10(11)15(19)20/h1,3-4,6-7,9H,5,8H2,(H,14,16)(H,17,18). The first-order valence-corrected chi connectivity index (χ1v) is 5.77. The Morgan fingerprint density at radius 2 is 2.14 bits per heavy atom. The van der Waals surface area contributed by atoms with Gasteiger partial charge in [0.25, 0.3) is 5.91 Å². The van der Waals surface area contributed by atoms with Crippen molar-refractivity contribution in [2.24, 2.45) is 0 Å². The fourth-order valence-electron chi connectivity index (χ4n) is 1.43. The van der Waals surface area contributed by atoms with Gasteiger partial charge in [0.2, 0.25) is 0 Å². The van der Waals surface area contributed by atoms with Crippen molar-refractivity contribution in [3.8, 4) is 18.1 Å². The summed E-state index contributed by atoms with van der Waals surface area (Å²) < 4.78 is 5.02. The SMILES string of the molecule is C#CCC(NC(=O)COc1ccccc1[N+](=O)[O-])C(=O)O. The van der Waals surface area contributed by atoms with Crippen LogP contribution in [-0.2, 0) is 9.59 Å². The topological polar surface area (TPSA) is 119 Å². The van der Waals surface area contributed by atoms with Crippen LogP contribution in [0.5, 0.6) is 5.75 Å². The van der Waals surface area contributed by atoms with E-state index < -0.39 is 29.4 Å². The van der Waals surface area contributed by atoms with Gasteiger partial charge in [0, 0.05) is 12.5 Å². The first kappa shape index (κ1) is 16.0. The average molecular weight is 292 g/mol. The largest absolute Gasteiger partial charge is 0.480 e. The maximum atomic E-state index is 11.5. The van der Waals surface area contributed by atoms with Crippen molar-refractivity contribution in [2.75, 3.05) is 6.61 Å². The Hall–Kier alpha value is -3.08. The van der Waals surface area contributed by atoms with E-state index in [-0.39, 0.29) is 17.9 Å². The molecular weight excluding hydrogens is 280 g/mol. The van der Waals surface area contributed by atoms with Gasteiger partial charge in [-0.1, -0.05) is 12.1 Å². The van der Waals surface area contributed by atoms with E-state index in [0.717, 1.165) is 0 Å². The number of nitrogens with zero attached hydrogens (tertiary/aromatic N) is 1. The first-order valence-electron chi connectivity index (χ1n) is 5.77. The average Bonchev–Trinajstić information content (AvgIpc) is 2.44. The Balaban J connectivity index is 2.63. The number of ether oxygens (including phenoxy) is 1. The van der Waals surface area contributed by atoms with E-state index in [9.17, 15) is 19.7 Å². The molecule has 8 nitrogen and oxygen atoms in total. The van der Waals surface area contributed by atoms with E-state index in [1.807, 2.05) is 0 Å². The van der Waals surface area contributed by atoms with Crippen molar-refractivity contribution in [3.63, 3.8) is 0 Å². The van der Waals surface area contributed by atoms with E-state index in [1.165, 1.54) is 24.3 Å². The third kappa shape index (κ3) is 4.83. The van der Waals surface area contributed by atoms with Crippen molar-refractivity contribution in [1.82, 2.24) is 5.32 Å². The molecule has 0 fully saturated rings. The maximum Gasteiger partial charge on any atom is 0.327 e. The van der Waals surface area contributed by atoms with Gasteiger partial charge < -0.3 is 15.2 Å². The number of carbonyl (C=O) groups excluding carboxylic acids is 1. The molecule has 0 aliphatic carbocycles. The molecule has 0 aromatic heterocycles. The minimum Gasteiger partial charge on any atom is -0.480 e. The zero-order valence-electron chi connectivity index (χ0n) is 10.8. The molecule has 1 aromatic carbocycles. The van der Waals surface area contributed by atoms with Gasteiger partial charge >= 0.3 is 11.7 Å². The normalized spacial score (nSPS) is 11.0. The zero-order chi connectivity index (χ0) is 15.8. The molecule has 0 aliphatic rings. The molecule has 1 rings (SSSR count). The van der Waals surface area contributed by atoms with Gasteiger partial charge in [0.1, 0.15) is 6.04 Å². The number of carbonyl (C=O) groups is 2. The minimum absolute atomic E-state index is 0.0820. The molecule has 8 heteroatoms. The highest BCUT2D eigenvalue weighted by Gasteiger charge is 2.20. The quantitative estimate of drug-likeness (QED) is 0.430. The number of hydrogen-bond acceptors (Lipinski definition) is 5. The van der Waals surface area contributed by atoms with Crippen molar-refractivity contribution in [2.45, 2.75) is 12.5 Å². The molecule has 0 aliphatic heterocycles. The predicted molar refractivity (Wildman–Crippen MR) is 71.6 cm³/mol. The van der Waals surface area contributed by atoms with Crippen LogP contribution in [0.15, 0.2) is 24.3 Å². The van der Waals surface area contributed by atoms with Crippen LogP contribution in [0.3, 0.4) is 0 Å². The molecule has 1 unspecified atom stereocenters. The van der Waals surface area contributed by atoms with Crippen LogP contribution in [-0.4, -0.2) is 34.6 Å². The lowest BCUT2D eigenvalue weighted by Crippen LogP contribution is -2.42. The highest BCUT2D eigenvalue weighted by Crippen LogP contribution is 2.25. The number of nitrogens with one attached hydrogen (secondary N) is 1. The first-order chi connectivity index (χ1) is 9.95. The Kier molecular flexibility index (Phi) is 5.70. The van der Waals surface area contributed by atoms with E-state index in [4.69, 9.17) is 16.3 Å². The molecule has 0 saturated heterocycles. The summed E-state index contributed by atoms with van der Waals surface area (Å²) in [6.45, 7) is -0.556. The Bertz CT molecular complexity index is 593. The third-order valence-corrected chi connectivity index (χ3v) is 2.38. The van der Waals surface area contributed by atoms with Crippen LogP contribution in [0.2, 0.25) is 0 Å². The van der Waals surface area contributed by atoms with E-state index in [0.29, 0.717) is 0 Å². The molecule has 0 heterocycles. The van der Waals surface area contributed by atoms with Crippen LogP contribution < -0.4 is 10.1 Å². The number of hydrogen-bond donors (Lipinski definition) is 2. The fourth-order valence-corrected chi connectivity index (χ4v) is 1.43. The van der Waals surface area contributed by atoms with Crippen LogP contribution >= 0.6 is 0 Å². The summed E-state index contributed by atoms with van der Waals surface area (Å²) in [4.78, 5) is 32.4. The summed E-state index contributed by atoms with van der Waals surface area (Å²) in [7, 11) is 0. The second kappa shape index (κ2) is 7.49. The molecular formula is C13H12N2O6. The molecule has 1 amide bonds. The summed E-state index contributed by atoms with van der Waals surface area (Å²) in [6.07, 6.45) is 4.82. The number of aliphatic carboxylic acids is 1. The van der Waals surface area contributed by atoms with Crippen LogP contribution in [0.25, 0.3) is 0 Å². The lowest BCUT2D eigenvalue weighted by molar-refractivity contribution is -0.385. The number of amides is 1. The zero-order valence-corrected chi connectivity index (χ0v) is 10.8. The van der Waals surface area contributed by atoms with Gasteiger partial charge in [-0.2, -0.15) is 0 Å². The van der Waals surface area contributed by atoms with Gasteiger partial charge in [-0.15, -0.1) is 12.3 Å². The Labute approximate surface area is 119 Å². The van der Waals surface area contributed by atoms with Gasteiger partial charge in [0.15, 0.2) is 12.4 Å². The highest BCUT2D eigenvalue weighted by molar-refractivity contribution is 5.84. The second-order valence-electron chi connectivity index (χ2n) is 3.88. The lowest BCUT2D eigenvalue weighted by Gasteiger charge is -2.12. The van der Waals surface area contributed by atoms with Crippen LogP contribution in [0.4, 0.5) is 5.69 Å². The molecule has 0 radical (unpaired) electrons. The van der Waals surface area contributed by atoms with Crippen molar-refractivity contribution in [1.29, 1.82) is 0 Å². The molecule has 2 N–H and O–H groups in total. The molecule has 0 saturated carbocycles. The van der Waals surface area contributed by atoms with Gasteiger partial charge in [-0.05, 0) is 6.07 Å². The molecule has 1 atom stereocenters.